The summed E-state index contributed by atoms with van der Waals surface area (Å²) in [7, 11) is 0. The van der Waals surface area contributed by atoms with E-state index in [0.717, 1.165) is 38.5 Å². The van der Waals surface area contributed by atoms with E-state index >= 15 is 0 Å². The van der Waals surface area contributed by atoms with Gasteiger partial charge in [-0.25, -0.2) is 9.83 Å². The van der Waals surface area contributed by atoms with Gasteiger partial charge in [0.15, 0.2) is 16.6 Å². The highest BCUT2D eigenvalue weighted by Gasteiger charge is 2.50. The van der Waals surface area contributed by atoms with Gasteiger partial charge < -0.3 is 34.0 Å². The van der Waals surface area contributed by atoms with Crippen molar-refractivity contribution < 1.29 is 38.5 Å². The molecule has 370 valence electrons. The van der Waals surface area contributed by atoms with Gasteiger partial charge in [-0.3, -0.25) is 24.1 Å². The van der Waals surface area contributed by atoms with Crippen LogP contribution in [0.1, 0.15) is 86.1 Å². The summed E-state index contributed by atoms with van der Waals surface area (Å²) in [5.41, 5.74) is 7.78. The molecule has 2 fully saturated rings. The summed E-state index contributed by atoms with van der Waals surface area (Å²) < 4.78 is 18.3. The summed E-state index contributed by atoms with van der Waals surface area (Å²) in [6.07, 6.45) is 1.11. The molecule has 4 aromatic carbocycles. The molecule has 0 bridgehead atoms. The standard InChI is InChI=1S/C55H60N6O8S2/c1-34(2)49(59-31-39-12-8-9-13-44(39)51(59)64)52(65)58-32-42(62)30-46(58)47(63)23-16-37-14-15-38(50-36(4)57-33-71-50)29-48(37)69-27-11-25-67-24-10-26-68-43-20-17-40(18-21-43)61-54(70)60(53(66)55(61,5)6)41-19-22-45(56-7)35(3)28-41/h8-9,12-15,17-22,28-29,33-34,42,46,49,62H,10-11,16,23-27,30-32H2,1-6H3/t42-,46?,49?/m0/s1. The second-order valence-electron chi connectivity index (χ2n) is 19.1. The van der Waals surface area contributed by atoms with E-state index in [1.807, 2.05) is 119 Å². The van der Waals surface area contributed by atoms with Crippen molar-refractivity contribution in [3.8, 4) is 21.9 Å². The molecule has 3 atom stereocenters. The molecular weight excluding hydrogens is 937 g/mol. The first-order valence-corrected chi connectivity index (χ1v) is 25.4. The highest BCUT2D eigenvalue weighted by atomic mass is 32.1. The predicted octanol–water partition coefficient (Wildman–Crippen LogP) is 9.29. The van der Waals surface area contributed by atoms with Crippen molar-refractivity contribution in [2.24, 2.45) is 5.92 Å². The summed E-state index contributed by atoms with van der Waals surface area (Å²) in [5.74, 6) is 0.322. The van der Waals surface area contributed by atoms with Gasteiger partial charge in [-0.2, -0.15) is 0 Å². The van der Waals surface area contributed by atoms with Crippen LogP contribution in [-0.2, 0) is 32.1 Å². The van der Waals surface area contributed by atoms with Crippen LogP contribution in [0.2, 0.25) is 0 Å². The Morgan fingerprint density at radius 3 is 2.34 bits per heavy atom. The summed E-state index contributed by atoms with van der Waals surface area (Å²) >= 11 is 7.39. The number of carbonyl (C=O) groups excluding carboxylic acids is 4. The average molecular weight is 997 g/mol. The number of ether oxygens (including phenoxy) is 3. The molecule has 1 N–H and O–H groups in total. The van der Waals surface area contributed by atoms with Crippen LogP contribution in [0.5, 0.6) is 11.5 Å². The smallest absolute Gasteiger partial charge is 0.259 e. The number of carbonyl (C=O) groups is 4. The molecule has 2 saturated heterocycles. The maximum atomic E-state index is 14.3. The number of thiocarbonyl (C=S) groups is 1. The molecule has 0 spiro atoms. The van der Waals surface area contributed by atoms with Crippen LogP contribution in [0.4, 0.5) is 17.1 Å². The minimum absolute atomic E-state index is 0.0376. The van der Waals surface area contributed by atoms with Crippen LogP contribution in [0.15, 0.2) is 90.4 Å². The average Bonchev–Trinajstić information content (AvgIpc) is 4.10. The lowest BCUT2D eigenvalue weighted by molar-refractivity contribution is -0.142. The third kappa shape index (κ3) is 10.7. The molecule has 3 amide bonds. The molecule has 3 aliphatic rings. The number of fused-ring (bicyclic) bond motifs is 1. The second kappa shape index (κ2) is 21.9. The van der Waals surface area contributed by atoms with Gasteiger partial charge in [0.2, 0.25) is 5.91 Å². The van der Waals surface area contributed by atoms with Crippen molar-refractivity contribution in [2.75, 3.05) is 42.8 Å². The first kappa shape index (κ1) is 50.9. The van der Waals surface area contributed by atoms with Crippen molar-refractivity contribution in [3.05, 3.63) is 130 Å². The van der Waals surface area contributed by atoms with Gasteiger partial charge in [-0.05, 0) is 123 Å². The third-order valence-electron chi connectivity index (χ3n) is 13.4. The Balaban J connectivity index is 0.812. The van der Waals surface area contributed by atoms with E-state index < -0.39 is 23.7 Å². The van der Waals surface area contributed by atoms with Crippen molar-refractivity contribution >= 4 is 69.2 Å². The number of aliphatic hydroxyl groups is 1. The molecule has 4 heterocycles. The molecular formula is C55H60N6O8S2. The lowest BCUT2D eigenvalue weighted by Gasteiger charge is -2.35. The number of β-amino-alcohol motifs (C(OH)–C–C–N with tert-alkyl or cyclic N) is 1. The van der Waals surface area contributed by atoms with Gasteiger partial charge in [0.25, 0.3) is 11.8 Å². The van der Waals surface area contributed by atoms with Crippen molar-refractivity contribution in [2.45, 2.75) is 104 Å². The fourth-order valence-electron chi connectivity index (χ4n) is 9.70. The Morgan fingerprint density at radius 1 is 0.944 bits per heavy atom. The number of ketones is 1. The quantitative estimate of drug-likeness (QED) is 0.0452. The number of aromatic nitrogens is 1. The van der Waals surface area contributed by atoms with Crippen LogP contribution in [0.25, 0.3) is 15.3 Å². The Kier molecular flexibility index (Phi) is 15.7. The maximum absolute atomic E-state index is 14.3. The molecule has 0 radical (unpaired) electrons. The number of nitrogens with zero attached hydrogens (tertiary/aromatic N) is 6. The number of thiazole rings is 1. The minimum Gasteiger partial charge on any atom is -0.494 e. The van der Waals surface area contributed by atoms with Gasteiger partial charge >= 0.3 is 0 Å². The topological polar surface area (TPSA) is 146 Å². The number of hydrogen-bond donors (Lipinski definition) is 1. The SMILES string of the molecule is [C-]#[N+]c1ccc(N2C(=O)C(C)(C)N(c3ccc(OCCCOCCCOc4cc(-c5scnc5C)ccc4CCC(=O)C4C[C@H](O)CN4C(=O)C(C(C)C)N4Cc5ccccc5C4=O)cc3)C2=S)cc1C. The molecule has 16 heteroatoms. The van der Waals surface area contributed by atoms with E-state index in [9.17, 15) is 24.3 Å². The fourth-order valence-corrected chi connectivity index (χ4v) is 11.0. The first-order chi connectivity index (χ1) is 34.1. The zero-order valence-electron chi connectivity index (χ0n) is 41.1. The van der Waals surface area contributed by atoms with E-state index in [2.05, 4.69) is 9.83 Å². The zero-order chi connectivity index (χ0) is 50.6. The number of hydrogen-bond acceptors (Lipinski definition) is 11. The van der Waals surface area contributed by atoms with E-state index in [1.165, 1.54) is 9.80 Å². The number of aryl methyl sites for hydroxylation is 3. The fraction of sp³-hybridized carbons (Fsp3) is 0.400. The lowest BCUT2D eigenvalue weighted by atomic mass is 9.97. The summed E-state index contributed by atoms with van der Waals surface area (Å²) in [6, 6.07) is 24.6. The first-order valence-electron chi connectivity index (χ1n) is 24.1. The number of likely N-dealkylation sites (tertiary alicyclic amines) is 1. The van der Waals surface area contributed by atoms with E-state index in [1.54, 1.807) is 34.4 Å². The molecule has 71 heavy (non-hydrogen) atoms. The Bertz CT molecular complexity index is 2860. The van der Waals surface area contributed by atoms with Crippen molar-refractivity contribution in [3.63, 3.8) is 0 Å². The molecule has 5 aromatic rings. The Labute approximate surface area is 425 Å². The van der Waals surface area contributed by atoms with Crippen molar-refractivity contribution in [1.29, 1.82) is 0 Å². The normalized spacial score (nSPS) is 17.8. The van der Waals surface area contributed by atoms with E-state index in [0.29, 0.717) is 85.8 Å². The number of Topliss-reactive ketones (excluding diaryl/α,β-unsaturated/α-hetero) is 1. The van der Waals surface area contributed by atoms with Gasteiger partial charge in [0.1, 0.15) is 23.1 Å². The maximum Gasteiger partial charge on any atom is 0.259 e. The van der Waals surface area contributed by atoms with Gasteiger partial charge in [0.05, 0.1) is 48.0 Å². The van der Waals surface area contributed by atoms with Crippen LogP contribution in [-0.4, -0.2) is 105 Å². The monoisotopic (exact) mass is 996 g/mol. The van der Waals surface area contributed by atoms with Crippen LogP contribution in [0.3, 0.4) is 0 Å². The van der Waals surface area contributed by atoms with Gasteiger partial charge in [-0.1, -0.05) is 50.2 Å². The third-order valence-corrected chi connectivity index (χ3v) is 14.8. The highest BCUT2D eigenvalue weighted by Crippen LogP contribution is 2.39. The number of anilines is 2. The predicted molar refractivity (Wildman–Crippen MR) is 278 cm³/mol. The Hall–Kier alpha value is -6.51. The summed E-state index contributed by atoms with van der Waals surface area (Å²) in [6.45, 7) is 20.8. The van der Waals surface area contributed by atoms with Crippen LogP contribution >= 0.6 is 23.6 Å². The summed E-state index contributed by atoms with van der Waals surface area (Å²) in [5, 5.41) is 11.2. The molecule has 3 aliphatic heterocycles. The van der Waals surface area contributed by atoms with Gasteiger partial charge in [0, 0.05) is 68.9 Å². The van der Waals surface area contributed by atoms with E-state index in [4.69, 9.17) is 33.0 Å². The lowest BCUT2D eigenvalue weighted by Crippen LogP contribution is -2.54. The highest BCUT2D eigenvalue weighted by molar-refractivity contribution is 7.81. The van der Waals surface area contributed by atoms with E-state index in [-0.39, 0.29) is 48.8 Å². The Morgan fingerprint density at radius 2 is 1.66 bits per heavy atom. The minimum atomic E-state index is -0.929. The van der Waals surface area contributed by atoms with Crippen LogP contribution in [0, 0.1) is 26.3 Å². The number of amides is 3. The molecule has 14 nitrogen and oxygen atoms in total. The molecule has 1 aromatic heterocycles. The number of rotatable bonds is 20. The largest absolute Gasteiger partial charge is 0.494 e. The molecule has 8 rings (SSSR count). The zero-order valence-corrected chi connectivity index (χ0v) is 42.7. The van der Waals surface area contributed by atoms with Crippen LogP contribution < -0.4 is 19.3 Å². The number of aliphatic hydroxyl groups excluding tert-OH is 1. The summed E-state index contributed by atoms with van der Waals surface area (Å²) in [4.78, 5) is 70.9. The number of benzene rings is 4. The van der Waals surface area contributed by atoms with Crippen molar-refractivity contribution in [1.82, 2.24) is 14.8 Å². The molecule has 0 aliphatic carbocycles. The molecule has 2 unspecified atom stereocenters. The van der Waals surface area contributed by atoms with Gasteiger partial charge in [-0.15, -0.1) is 11.3 Å². The molecule has 0 saturated carbocycles. The second-order valence-corrected chi connectivity index (χ2v) is 20.4.